The maximum Gasteiger partial charge on any atom is 0.270 e. The van der Waals surface area contributed by atoms with Crippen LogP contribution in [0.2, 0.25) is 0 Å². The van der Waals surface area contributed by atoms with Crippen LogP contribution >= 0.6 is 23.1 Å². The van der Waals surface area contributed by atoms with Gasteiger partial charge < -0.3 is 5.32 Å². The molecule has 0 unspecified atom stereocenters. The van der Waals surface area contributed by atoms with Crippen LogP contribution in [0.1, 0.15) is 20.3 Å². The number of thioether (sulfide) groups is 1. The number of carbonyl (C=O) groups is 1. The number of rotatable bonds is 6. The van der Waals surface area contributed by atoms with E-state index in [0.29, 0.717) is 5.75 Å². The van der Waals surface area contributed by atoms with Gasteiger partial charge in [-0.15, -0.1) is 11.3 Å². The highest BCUT2D eigenvalue weighted by Crippen LogP contribution is 2.31. The van der Waals surface area contributed by atoms with Crippen molar-refractivity contribution in [3.05, 3.63) is 28.3 Å². The molecule has 1 aromatic carbocycles. The summed E-state index contributed by atoms with van der Waals surface area (Å²) in [6.45, 7) is 3.97. The first kappa shape index (κ1) is 15.7. The second-order valence-electron chi connectivity index (χ2n) is 4.55. The summed E-state index contributed by atoms with van der Waals surface area (Å²) in [6.07, 6.45) is 0.890. The predicted molar refractivity (Wildman–Crippen MR) is 84.9 cm³/mol. The fraction of sp³-hybridized carbons (Fsp3) is 0.385. The molecule has 2 rings (SSSR count). The average Bonchev–Trinajstić information content (AvgIpc) is 2.86. The SMILES string of the molecule is CC[C@H](C)NC(=O)CSc1nc2ccc([N+](=O)[O-])cc2s1. The van der Waals surface area contributed by atoms with E-state index in [0.717, 1.165) is 21.0 Å². The van der Waals surface area contributed by atoms with Crippen molar-refractivity contribution in [1.29, 1.82) is 0 Å². The molecule has 0 fully saturated rings. The lowest BCUT2D eigenvalue weighted by Gasteiger charge is -2.10. The standard InChI is InChI=1S/C13H15N3O3S2/c1-3-8(2)14-12(17)7-20-13-15-10-5-4-9(16(18)19)6-11(10)21-13/h4-6,8H,3,7H2,1-2H3,(H,14,17)/t8-/m0/s1. The number of fused-ring (bicyclic) bond motifs is 1. The van der Waals surface area contributed by atoms with Crippen molar-refractivity contribution in [2.75, 3.05) is 5.75 Å². The number of nitro benzene ring substituents is 1. The van der Waals surface area contributed by atoms with Gasteiger partial charge in [0.2, 0.25) is 5.91 Å². The molecule has 1 N–H and O–H groups in total. The highest BCUT2D eigenvalue weighted by molar-refractivity contribution is 8.01. The molecular weight excluding hydrogens is 310 g/mol. The molecule has 1 heterocycles. The summed E-state index contributed by atoms with van der Waals surface area (Å²) in [5.41, 5.74) is 0.771. The highest BCUT2D eigenvalue weighted by atomic mass is 32.2. The van der Waals surface area contributed by atoms with E-state index < -0.39 is 4.92 Å². The number of aromatic nitrogens is 1. The van der Waals surface area contributed by atoms with E-state index in [1.165, 1.54) is 35.2 Å². The van der Waals surface area contributed by atoms with Gasteiger partial charge in [0.15, 0.2) is 4.34 Å². The Morgan fingerprint density at radius 1 is 1.57 bits per heavy atom. The monoisotopic (exact) mass is 325 g/mol. The largest absolute Gasteiger partial charge is 0.353 e. The van der Waals surface area contributed by atoms with Gasteiger partial charge >= 0.3 is 0 Å². The fourth-order valence-electron chi connectivity index (χ4n) is 1.61. The minimum absolute atomic E-state index is 0.0282. The minimum atomic E-state index is -0.425. The second-order valence-corrected chi connectivity index (χ2v) is 6.81. The third-order valence-corrected chi connectivity index (χ3v) is 5.07. The van der Waals surface area contributed by atoms with Crippen LogP contribution in [0.5, 0.6) is 0 Å². The number of hydrogen-bond acceptors (Lipinski definition) is 6. The minimum Gasteiger partial charge on any atom is -0.353 e. The van der Waals surface area contributed by atoms with Crippen molar-refractivity contribution >= 4 is 44.9 Å². The zero-order valence-electron chi connectivity index (χ0n) is 11.7. The zero-order valence-corrected chi connectivity index (χ0v) is 13.3. The first-order valence-corrected chi connectivity index (χ1v) is 8.27. The van der Waals surface area contributed by atoms with Crippen LogP contribution in [-0.4, -0.2) is 27.6 Å². The molecule has 0 aliphatic rings. The summed E-state index contributed by atoms with van der Waals surface area (Å²) >= 11 is 2.71. The van der Waals surface area contributed by atoms with Gasteiger partial charge in [-0.05, 0) is 19.4 Å². The Hall–Kier alpha value is -1.67. The summed E-state index contributed by atoms with van der Waals surface area (Å²) in [5.74, 6) is 0.270. The third kappa shape index (κ3) is 4.15. The van der Waals surface area contributed by atoms with E-state index in [1.807, 2.05) is 13.8 Å². The fourth-order valence-corrected chi connectivity index (χ4v) is 3.53. The first-order valence-electron chi connectivity index (χ1n) is 6.46. The third-order valence-electron chi connectivity index (χ3n) is 2.91. The van der Waals surface area contributed by atoms with Crippen molar-refractivity contribution in [1.82, 2.24) is 10.3 Å². The number of nitrogens with zero attached hydrogens (tertiary/aromatic N) is 2. The lowest BCUT2D eigenvalue weighted by atomic mass is 10.3. The Balaban J connectivity index is 2.03. The van der Waals surface area contributed by atoms with Gasteiger partial charge in [0.05, 0.1) is 20.9 Å². The van der Waals surface area contributed by atoms with E-state index in [9.17, 15) is 14.9 Å². The number of amides is 1. The molecule has 0 saturated carbocycles. The highest BCUT2D eigenvalue weighted by Gasteiger charge is 2.12. The lowest BCUT2D eigenvalue weighted by Crippen LogP contribution is -2.33. The number of hydrogen-bond donors (Lipinski definition) is 1. The molecule has 1 aromatic heterocycles. The van der Waals surface area contributed by atoms with Gasteiger partial charge in [0.1, 0.15) is 0 Å². The van der Waals surface area contributed by atoms with Crippen molar-refractivity contribution in [2.45, 2.75) is 30.6 Å². The predicted octanol–water partition coefficient (Wildman–Crippen LogP) is 3.21. The van der Waals surface area contributed by atoms with Gasteiger partial charge in [-0.3, -0.25) is 14.9 Å². The Bertz CT molecular complexity index is 672. The molecule has 1 atom stereocenters. The van der Waals surface area contributed by atoms with E-state index in [1.54, 1.807) is 6.07 Å². The van der Waals surface area contributed by atoms with E-state index in [-0.39, 0.29) is 17.6 Å². The average molecular weight is 325 g/mol. The van der Waals surface area contributed by atoms with Gasteiger partial charge in [0.25, 0.3) is 5.69 Å². The number of nitro groups is 1. The van der Waals surface area contributed by atoms with Crippen LogP contribution in [0.15, 0.2) is 22.5 Å². The molecular formula is C13H15N3O3S2. The van der Waals surface area contributed by atoms with Crippen LogP contribution < -0.4 is 5.32 Å². The summed E-state index contributed by atoms with van der Waals surface area (Å²) < 4.78 is 1.50. The molecule has 6 nitrogen and oxygen atoms in total. The second kappa shape index (κ2) is 6.86. The number of nitrogens with one attached hydrogen (secondary N) is 1. The van der Waals surface area contributed by atoms with Gasteiger partial charge in [-0.1, -0.05) is 18.7 Å². The zero-order chi connectivity index (χ0) is 15.4. The molecule has 1 amide bonds. The molecule has 0 saturated heterocycles. The summed E-state index contributed by atoms with van der Waals surface area (Å²) in [5, 5.41) is 13.6. The van der Waals surface area contributed by atoms with Crippen molar-refractivity contribution in [3.63, 3.8) is 0 Å². The van der Waals surface area contributed by atoms with Gasteiger partial charge in [-0.2, -0.15) is 0 Å². The van der Waals surface area contributed by atoms with Crippen LogP contribution in [0.3, 0.4) is 0 Å². The van der Waals surface area contributed by atoms with Crippen molar-refractivity contribution in [2.24, 2.45) is 0 Å². The molecule has 2 aromatic rings. The van der Waals surface area contributed by atoms with Crippen molar-refractivity contribution < 1.29 is 9.72 Å². The topological polar surface area (TPSA) is 85.1 Å². The molecule has 21 heavy (non-hydrogen) atoms. The normalized spacial score (nSPS) is 12.3. The molecule has 112 valence electrons. The van der Waals surface area contributed by atoms with Crippen LogP contribution in [0.4, 0.5) is 5.69 Å². The van der Waals surface area contributed by atoms with Crippen molar-refractivity contribution in [3.8, 4) is 0 Å². The van der Waals surface area contributed by atoms with Crippen LogP contribution in [0.25, 0.3) is 10.2 Å². The maximum absolute atomic E-state index is 11.7. The number of non-ortho nitro benzene ring substituents is 1. The number of carbonyl (C=O) groups excluding carboxylic acids is 1. The Morgan fingerprint density at radius 2 is 2.33 bits per heavy atom. The molecule has 0 spiro atoms. The Morgan fingerprint density at radius 3 is 3.00 bits per heavy atom. The summed E-state index contributed by atoms with van der Waals surface area (Å²) in [4.78, 5) is 26.4. The number of benzene rings is 1. The van der Waals surface area contributed by atoms with E-state index in [2.05, 4.69) is 10.3 Å². The lowest BCUT2D eigenvalue weighted by molar-refractivity contribution is -0.384. The van der Waals surface area contributed by atoms with Gasteiger partial charge in [-0.25, -0.2) is 4.98 Å². The quantitative estimate of drug-likeness (QED) is 0.501. The molecule has 0 aliphatic carbocycles. The summed E-state index contributed by atoms with van der Waals surface area (Å²) in [6, 6.07) is 4.74. The molecule has 0 aliphatic heterocycles. The van der Waals surface area contributed by atoms with E-state index >= 15 is 0 Å². The number of thiazole rings is 1. The molecule has 0 bridgehead atoms. The first-order chi connectivity index (χ1) is 9.99. The molecule has 0 radical (unpaired) electrons. The Labute approximate surface area is 130 Å². The summed E-state index contributed by atoms with van der Waals surface area (Å²) in [7, 11) is 0. The van der Waals surface area contributed by atoms with Crippen LogP contribution in [-0.2, 0) is 4.79 Å². The molecule has 8 heteroatoms. The van der Waals surface area contributed by atoms with Crippen LogP contribution in [0, 0.1) is 10.1 Å². The Kier molecular flexibility index (Phi) is 5.13. The smallest absolute Gasteiger partial charge is 0.270 e. The van der Waals surface area contributed by atoms with E-state index in [4.69, 9.17) is 0 Å². The maximum atomic E-state index is 11.7. The van der Waals surface area contributed by atoms with Gasteiger partial charge in [0, 0.05) is 18.2 Å².